The predicted molar refractivity (Wildman–Crippen MR) is 97.4 cm³/mol. The van der Waals surface area contributed by atoms with Crippen LogP contribution < -0.4 is 5.73 Å². The van der Waals surface area contributed by atoms with Gasteiger partial charge in [-0.2, -0.15) is 13.2 Å². The number of aromatic nitrogens is 4. The molecule has 152 valence electrons. The van der Waals surface area contributed by atoms with E-state index in [9.17, 15) is 13.2 Å². The first kappa shape index (κ1) is 19.3. The van der Waals surface area contributed by atoms with E-state index < -0.39 is 12.0 Å². The van der Waals surface area contributed by atoms with Gasteiger partial charge < -0.3 is 10.3 Å². The molecule has 0 unspecified atom stereocenters. The standard InChI is InChI=1S/C19H25F3N6/c1-13-4-7-24-15(10-13)18(12-23)5-2-14(3-6-18)27-8-9-28-16(11-27)25-26-17(28)19(20,21)22/h4,7,10,14H,2-3,5-6,8-9,11-12,23H2,1H3/t14-,18-. The minimum absolute atomic E-state index is 0.109. The van der Waals surface area contributed by atoms with Gasteiger partial charge in [-0.15, -0.1) is 10.2 Å². The summed E-state index contributed by atoms with van der Waals surface area (Å²) in [5.41, 5.74) is 8.29. The van der Waals surface area contributed by atoms with Crippen LogP contribution in [-0.2, 0) is 24.7 Å². The minimum Gasteiger partial charge on any atom is -0.330 e. The number of nitrogens with zero attached hydrogens (tertiary/aromatic N) is 5. The van der Waals surface area contributed by atoms with Gasteiger partial charge in [0, 0.05) is 43.0 Å². The van der Waals surface area contributed by atoms with Gasteiger partial charge in [-0.25, -0.2) is 0 Å². The molecule has 2 N–H and O–H groups in total. The summed E-state index contributed by atoms with van der Waals surface area (Å²) in [4.78, 5) is 6.82. The third kappa shape index (κ3) is 3.41. The van der Waals surface area contributed by atoms with Crippen LogP contribution in [-0.4, -0.2) is 43.8 Å². The highest BCUT2D eigenvalue weighted by Gasteiger charge is 2.42. The highest BCUT2D eigenvalue weighted by Crippen LogP contribution is 2.40. The van der Waals surface area contributed by atoms with Crippen molar-refractivity contribution in [2.24, 2.45) is 5.73 Å². The van der Waals surface area contributed by atoms with Gasteiger partial charge in [0.05, 0.1) is 6.54 Å². The third-order valence-corrected chi connectivity index (χ3v) is 6.31. The molecule has 0 amide bonds. The summed E-state index contributed by atoms with van der Waals surface area (Å²) < 4.78 is 40.3. The van der Waals surface area contributed by atoms with Crippen LogP contribution in [0.25, 0.3) is 0 Å². The van der Waals surface area contributed by atoms with Crippen molar-refractivity contribution < 1.29 is 13.2 Å². The average Bonchev–Trinajstić information content (AvgIpc) is 3.12. The molecule has 1 fully saturated rings. The zero-order valence-corrected chi connectivity index (χ0v) is 15.9. The molecule has 3 heterocycles. The number of alkyl halides is 3. The molecule has 0 radical (unpaired) electrons. The molecule has 0 saturated heterocycles. The Balaban J connectivity index is 1.45. The Bertz CT molecular complexity index is 838. The smallest absolute Gasteiger partial charge is 0.330 e. The number of pyridine rings is 1. The fourth-order valence-corrected chi connectivity index (χ4v) is 4.61. The molecule has 0 bridgehead atoms. The van der Waals surface area contributed by atoms with Gasteiger partial charge in [0.25, 0.3) is 0 Å². The van der Waals surface area contributed by atoms with E-state index in [4.69, 9.17) is 5.73 Å². The van der Waals surface area contributed by atoms with E-state index in [0.29, 0.717) is 31.5 Å². The van der Waals surface area contributed by atoms with Gasteiger partial charge in [0.1, 0.15) is 5.82 Å². The van der Waals surface area contributed by atoms with Crippen LogP contribution in [0, 0.1) is 6.92 Å². The number of nitrogens with two attached hydrogens (primary N) is 1. The van der Waals surface area contributed by atoms with Crippen molar-refractivity contribution in [3.63, 3.8) is 0 Å². The molecule has 1 aliphatic heterocycles. The van der Waals surface area contributed by atoms with Crippen molar-refractivity contribution in [1.29, 1.82) is 0 Å². The van der Waals surface area contributed by atoms with Crippen LogP contribution in [0.2, 0.25) is 0 Å². The lowest BCUT2D eigenvalue weighted by Gasteiger charge is -2.43. The second kappa shape index (κ2) is 7.11. The molecule has 2 aromatic rings. The van der Waals surface area contributed by atoms with Gasteiger partial charge in [-0.1, -0.05) is 0 Å². The van der Waals surface area contributed by atoms with Gasteiger partial charge in [-0.05, 0) is 50.3 Å². The lowest BCUT2D eigenvalue weighted by molar-refractivity contribution is -0.148. The summed E-state index contributed by atoms with van der Waals surface area (Å²) >= 11 is 0. The molecule has 2 aromatic heterocycles. The van der Waals surface area contributed by atoms with Gasteiger partial charge in [-0.3, -0.25) is 9.88 Å². The SMILES string of the molecule is Cc1ccnc([C@]2(CN)CC[C@@H](N3CCn4c(nnc4C(F)(F)F)C3)CC2)c1. The van der Waals surface area contributed by atoms with E-state index in [2.05, 4.69) is 33.1 Å². The first-order valence-electron chi connectivity index (χ1n) is 9.69. The van der Waals surface area contributed by atoms with Crippen molar-refractivity contribution in [2.75, 3.05) is 13.1 Å². The van der Waals surface area contributed by atoms with Crippen LogP contribution in [0.1, 0.15) is 48.6 Å². The monoisotopic (exact) mass is 394 g/mol. The normalized spacial score (nSPS) is 26.2. The molecule has 1 aliphatic carbocycles. The number of hydrogen-bond acceptors (Lipinski definition) is 5. The van der Waals surface area contributed by atoms with Crippen LogP contribution in [0.5, 0.6) is 0 Å². The Labute approximate surface area is 161 Å². The minimum atomic E-state index is -4.46. The topological polar surface area (TPSA) is 72.9 Å². The Kier molecular flexibility index (Phi) is 4.91. The number of fused-ring (bicyclic) bond motifs is 1. The Morgan fingerprint density at radius 3 is 2.61 bits per heavy atom. The highest BCUT2D eigenvalue weighted by molar-refractivity contribution is 5.24. The van der Waals surface area contributed by atoms with E-state index >= 15 is 0 Å². The van der Waals surface area contributed by atoms with Crippen LogP contribution >= 0.6 is 0 Å². The van der Waals surface area contributed by atoms with Crippen molar-refractivity contribution in [2.45, 2.75) is 63.3 Å². The number of aryl methyl sites for hydroxylation is 1. The first-order chi connectivity index (χ1) is 13.3. The van der Waals surface area contributed by atoms with E-state index in [1.807, 2.05) is 12.3 Å². The quantitative estimate of drug-likeness (QED) is 0.867. The second-order valence-electron chi connectivity index (χ2n) is 7.99. The summed E-state index contributed by atoms with van der Waals surface area (Å²) in [5, 5.41) is 7.16. The summed E-state index contributed by atoms with van der Waals surface area (Å²) in [6.45, 7) is 3.87. The second-order valence-corrected chi connectivity index (χ2v) is 7.99. The van der Waals surface area contributed by atoms with E-state index in [-0.39, 0.29) is 12.0 Å². The summed E-state index contributed by atoms with van der Waals surface area (Å²) in [7, 11) is 0. The largest absolute Gasteiger partial charge is 0.451 e. The van der Waals surface area contributed by atoms with Crippen molar-refractivity contribution >= 4 is 0 Å². The van der Waals surface area contributed by atoms with Crippen LogP contribution in [0.3, 0.4) is 0 Å². The van der Waals surface area contributed by atoms with Crippen molar-refractivity contribution in [3.05, 3.63) is 41.2 Å². The zero-order chi connectivity index (χ0) is 19.9. The highest BCUT2D eigenvalue weighted by atomic mass is 19.4. The van der Waals surface area contributed by atoms with Gasteiger partial charge in [0.15, 0.2) is 0 Å². The lowest BCUT2D eigenvalue weighted by atomic mass is 9.69. The van der Waals surface area contributed by atoms with E-state index in [1.54, 1.807) is 0 Å². The fourth-order valence-electron chi connectivity index (χ4n) is 4.61. The predicted octanol–water partition coefficient (Wildman–Crippen LogP) is 2.66. The number of halogens is 3. The van der Waals surface area contributed by atoms with Gasteiger partial charge >= 0.3 is 6.18 Å². The average molecular weight is 394 g/mol. The molecule has 28 heavy (non-hydrogen) atoms. The molecular formula is C19H25F3N6. The molecule has 0 spiro atoms. The summed E-state index contributed by atoms with van der Waals surface area (Å²) in [6.07, 6.45) is 1.15. The third-order valence-electron chi connectivity index (χ3n) is 6.31. The van der Waals surface area contributed by atoms with E-state index in [1.165, 1.54) is 10.1 Å². The van der Waals surface area contributed by atoms with Crippen LogP contribution in [0.15, 0.2) is 18.3 Å². The van der Waals surface area contributed by atoms with Crippen molar-refractivity contribution in [1.82, 2.24) is 24.6 Å². The molecule has 0 aromatic carbocycles. The van der Waals surface area contributed by atoms with Crippen LogP contribution in [0.4, 0.5) is 13.2 Å². The van der Waals surface area contributed by atoms with Gasteiger partial charge in [0.2, 0.25) is 5.82 Å². The Morgan fingerprint density at radius 1 is 1.21 bits per heavy atom. The Morgan fingerprint density at radius 2 is 1.96 bits per heavy atom. The van der Waals surface area contributed by atoms with Crippen molar-refractivity contribution in [3.8, 4) is 0 Å². The summed E-state index contributed by atoms with van der Waals surface area (Å²) in [5.74, 6) is -0.493. The zero-order valence-electron chi connectivity index (χ0n) is 15.9. The van der Waals surface area contributed by atoms with E-state index in [0.717, 1.165) is 31.4 Å². The lowest BCUT2D eigenvalue weighted by Crippen LogP contribution is -2.48. The maximum Gasteiger partial charge on any atom is 0.451 e. The maximum absolute atomic E-state index is 13.0. The first-order valence-corrected chi connectivity index (χ1v) is 9.69. The molecule has 0 atom stereocenters. The number of rotatable bonds is 3. The fraction of sp³-hybridized carbons (Fsp3) is 0.632. The molecule has 1 saturated carbocycles. The molecule has 2 aliphatic rings. The molecule has 6 nitrogen and oxygen atoms in total. The molecule has 9 heteroatoms. The maximum atomic E-state index is 13.0. The molecular weight excluding hydrogens is 369 g/mol. The summed E-state index contributed by atoms with van der Waals surface area (Å²) in [6, 6.07) is 4.43. The molecule has 4 rings (SSSR count). The number of hydrogen-bond donors (Lipinski definition) is 1. The Hall–Kier alpha value is -2.00.